The van der Waals surface area contributed by atoms with Crippen LogP contribution in [0.3, 0.4) is 0 Å². The Balaban J connectivity index is 2.35. The first-order chi connectivity index (χ1) is 7.96. The molecule has 1 unspecified atom stereocenters. The van der Waals surface area contributed by atoms with Crippen LogP contribution < -0.4 is 5.73 Å². The zero-order valence-electron chi connectivity index (χ0n) is 9.65. The van der Waals surface area contributed by atoms with Crippen molar-refractivity contribution in [2.45, 2.75) is 32.2 Å². The summed E-state index contributed by atoms with van der Waals surface area (Å²) in [6, 6.07) is 4.84. The van der Waals surface area contributed by atoms with E-state index in [0.717, 1.165) is 12.8 Å². The summed E-state index contributed by atoms with van der Waals surface area (Å²) < 4.78 is 0. The van der Waals surface area contributed by atoms with Gasteiger partial charge >= 0.3 is 0 Å². The predicted molar refractivity (Wildman–Crippen MR) is 67.1 cm³/mol. The third-order valence-corrected chi connectivity index (χ3v) is 4.03. The predicted octanol–water partition coefficient (Wildman–Crippen LogP) is 2.92. The van der Waals surface area contributed by atoms with Crippen LogP contribution >= 0.6 is 11.6 Å². The maximum atomic E-state index is 11.0. The zero-order valence-corrected chi connectivity index (χ0v) is 10.4. The van der Waals surface area contributed by atoms with Crippen molar-refractivity contribution in [3.8, 4) is 0 Å². The third-order valence-electron chi connectivity index (χ3n) is 3.68. The normalized spacial score (nSPS) is 18.8. The van der Waals surface area contributed by atoms with Gasteiger partial charge in [-0.1, -0.05) is 17.7 Å². The van der Waals surface area contributed by atoms with Crippen LogP contribution in [-0.4, -0.2) is 11.0 Å². The van der Waals surface area contributed by atoms with E-state index in [0.29, 0.717) is 17.0 Å². The molecule has 0 aromatic heterocycles. The quantitative estimate of drug-likeness (QED) is 0.663. The highest BCUT2D eigenvalue weighted by molar-refractivity contribution is 6.31. The number of hydrogen-bond donors (Lipinski definition) is 1. The Morgan fingerprint density at radius 1 is 1.59 bits per heavy atom. The van der Waals surface area contributed by atoms with Gasteiger partial charge in [-0.2, -0.15) is 0 Å². The molecule has 17 heavy (non-hydrogen) atoms. The Morgan fingerprint density at radius 2 is 2.24 bits per heavy atom. The van der Waals surface area contributed by atoms with Crippen molar-refractivity contribution in [3.63, 3.8) is 0 Å². The molecule has 0 heterocycles. The zero-order chi connectivity index (χ0) is 12.6. The molecule has 4 nitrogen and oxygen atoms in total. The smallest absolute Gasteiger partial charge is 0.274 e. The molecular weight excluding hydrogens is 240 g/mol. The Labute approximate surface area is 105 Å². The molecule has 1 aromatic rings. The van der Waals surface area contributed by atoms with Gasteiger partial charge in [0.1, 0.15) is 0 Å². The molecule has 1 atom stereocenters. The molecule has 92 valence electrons. The molecule has 0 amide bonds. The SMILES string of the molecule is CC(N)C1(Cc2c(Cl)cccc2[N+](=O)[O-])CC1. The van der Waals surface area contributed by atoms with Crippen LogP contribution in [0.2, 0.25) is 5.02 Å². The van der Waals surface area contributed by atoms with Crippen LogP contribution in [-0.2, 0) is 6.42 Å². The maximum absolute atomic E-state index is 11.0. The number of nitro benzene ring substituents is 1. The number of nitrogens with zero attached hydrogens (tertiary/aromatic N) is 1. The maximum Gasteiger partial charge on any atom is 0.274 e. The highest BCUT2D eigenvalue weighted by Gasteiger charge is 2.47. The largest absolute Gasteiger partial charge is 0.327 e. The van der Waals surface area contributed by atoms with E-state index < -0.39 is 0 Å². The van der Waals surface area contributed by atoms with Crippen LogP contribution in [0.15, 0.2) is 18.2 Å². The number of nitrogens with two attached hydrogens (primary N) is 1. The summed E-state index contributed by atoms with van der Waals surface area (Å²) in [6.07, 6.45) is 2.64. The molecule has 0 aliphatic heterocycles. The molecule has 0 saturated heterocycles. The van der Waals surface area contributed by atoms with Crippen LogP contribution in [0.25, 0.3) is 0 Å². The topological polar surface area (TPSA) is 69.2 Å². The van der Waals surface area contributed by atoms with Crippen LogP contribution in [0.5, 0.6) is 0 Å². The van der Waals surface area contributed by atoms with Crippen LogP contribution in [0.4, 0.5) is 5.69 Å². The van der Waals surface area contributed by atoms with E-state index in [1.54, 1.807) is 12.1 Å². The number of nitro groups is 1. The van der Waals surface area contributed by atoms with Crippen LogP contribution in [0, 0.1) is 15.5 Å². The van der Waals surface area contributed by atoms with Gasteiger partial charge in [-0.15, -0.1) is 0 Å². The number of rotatable bonds is 4. The number of hydrogen-bond acceptors (Lipinski definition) is 3. The van der Waals surface area contributed by atoms with Crippen molar-refractivity contribution >= 4 is 17.3 Å². The molecule has 0 radical (unpaired) electrons. The minimum Gasteiger partial charge on any atom is -0.327 e. The Bertz CT molecular complexity index is 456. The minimum absolute atomic E-state index is 0.00968. The Morgan fingerprint density at radius 3 is 2.71 bits per heavy atom. The summed E-state index contributed by atoms with van der Waals surface area (Å²) in [5, 5.41) is 11.4. The number of halogens is 1. The first kappa shape index (κ1) is 12.3. The number of benzene rings is 1. The van der Waals surface area contributed by atoms with Crippen molar-refractivity contribution in [1.29, 1.82) is 0 Å². The second kappa shape index (κ2) is 4.27. The second-order valence-electron chi connectivity index (χ2n) is 4.82. The molecular formula is C12H15ClN2O2. The highest BCUT2D eigenvalue weighted by Crippen LogP contribution is 2.52. The first-order valence-corrected chi connectivity index (χ1v) is 6.01. The van der Waals surface area contributed by atoms with Gasteiger partial charge in [-0.05, 0) is 37.7 Å². The molecule has 0 spiro atoms. The highest BCUT2D eigenvalue weighted by atomic mass is 35.5. The summed E-state index contributed by atoms with van der Waals surface area (Å²) in [7, 11) is 0. The molecule has 5 heteroatoms. The van der Waals surface area contributed by atoms with Gasteiger partial charge in [-0.3, -0.25) is 10.1 Å². The van der Waals surface area contributed by atoms with Crippen LogP contribution in [0.1, 0.15) is 25.3 Å². The molecule has 1 aliphatic rings. The molecule has 2 rings (SSSR count). The van der Waals surface area contributed by atoms with Gasteiger partial charge in [-0.25, -0.2) is 0 Å². The molecule has 1 saturated carbocycles. The first-order valence-electron chi connectivity index (χ1n) is 5.64. The lowest BCUT2D eigenvalue weighted by molar-refractivity contribution is -0.385. The van der Waals surface area contributed by atoms with E-state index in [1.807, 2.05) is 6.92 Å². The standard InChI is InChI=1S/C12H15ClN2O2/c1-8(14)12(5-6-12)7-9-10(13)3-2-4-11(9)15(16)17/h2-4,8H,5-7,14H2,1H3. The lowest BCUT2D eigenvalue weighted by Crippen LogP contribution is -2.30. The van der Waals surface area contributed by atoms with Gasteiger partial charge < -0.3 is 5.73 Å². The lowest BCUT2D eigenvalue weighted by Gasteiger charge is -2.19. The second-order valence-corrected chi connectivity index (χ2v) is 5.23. The molecule has 1 aromatic carbocycles. The summed E-state index contributed by atoms with van der Waals surface area (Å²) in [5.74, 6) is 0. The van der Waals surface area contributed by atoms with Gasteiger partial charge in [0.25, 0.3) is 5.69 Å². The van der Waals surface area contributed by atoms with E-state index >= 15 is 0 Å². The average Bonchev–Trinajstić information content (AvgIpc) is 3.01. The molecule has 1 fully saturated rings. The minimum atomic E-state index is -0.377. The van der Waals surface area contributed by atoms with Crippen molar-refractivity contribution in [2.24, 2.45) is 11.1 Å². The summed E-state index contributed by atoms with van der Waals surface area (Å²) in [6.45, 7) is 1.95. The van der Waals surface area contributed by atoms with Crippen molar-refractivity contribution in [1.82, 2.24) is 0 Å². The Hall–Kier alpha value is -1.13. The van der Waals surface area contributed by atoms with E-state index in [2.05, 4.69) is 0 Å². The summed E-state index contributed by atoms with van der Waals surface area (Å²) >= 11 is 6.07. The molecule has 2 N–H and O–H groups in total. The van der Waals surface area contributed by atoms with Crippen molar-refractivity contribution in [3.05, 3.63) is 38.9 Å². The lowest BCUT2D eigenvalue weighted by atomic mass is 9.89. The fourth-order valence-corrected chi connectivity index (χ4v) is 2.44. The summed E-state index contributed by atoms with van der Waals surface area (Å²) in [4.78, 5) is 10.6. The Kier molecular flexibility index (Phi) is 3.10. The van der Waals surface area contributed by atoms with Gasteiger partial charge in [0, 0.05) is 17.7 Å². The third kappa shape index (κ3) is 2.28. The summed E-state index contributed by atoms with van der Waals surface area (Å²) in [5.41, 5.74) is 6.67. The van der Waals surface area contributed by atoms with E-state index in [-0.39, 0.29) is 22.1 Å². The van der Waals surface area contributed by atoms with Crippen molar-refractivity contribution < 1.29 is 4.92 Å². The molecule has 1 aliphatic carbocycles. The monoisotopic (exact) mass is 254 g/mol. The van der Waals surface area contributed by atoms with Gasteiger partial charge in [0.15, 0.2) is 0 Å². The fraction of sp³-hybridized carbons (Fsp3) is 0.500. The van der Waals surface area contributed by atoms with Gasteiger partial charge in [0.05, 0.1) is 9.95 Å². The van der Waals surface area contributed by atoms with Gasteiger partial charge in [0.2, 0.25) is 0 Å². The molecule has 0 bridgehead atoms. The van der Waals surface area contributed by atoms with E-state index in [9.17, 15) is 10.1 Å². The van der Waals surface area contributed by atoms with Crippen molar-refractivity contribution in [2.75, 3.05) is 0 Å². The van der Waals surface area contributed by atoms with E-state index in [1.165, 1.54) is 6.07 Å². The van der Waals surface area contributed by atoms with E-state index in [4.69, 9.17) is 17.3 Å². The average molecular weight is 255 g/mol. The fourth-order valence-electron chi connectivity index (χ4n) is 2.20.